The predicted molar refractivity (Wildman–Crippen MR) is 105 cm³/mol. The molecule has 2 aromatic rings. The van der Waals surface area contributed by atoms with E-state index in [9.17, 15) is 4.79 Å². The zero-order valence-electron chi connectivity index (χ0n) is 15.8. The van der Waals surface area contributed by atoms with Crippen LogP contribution in [0.5, 0.6) is 5.75 Å². The lowest BCUT2D eigenvalue weighted by molar-refractivity contribution is -0.118. The minimum Gasteiger partial charge on any atom is -0.482 e. The molecular formula is C20H24N4O3. The van der Waals surface area contributed by atoms with E-state index in [2.05, 4.69) is 29.4 Å². The highest BCUT2D eigenvalue weighted by molar-refractivity contribution is 5.95. The summed E-state index contributed by atoms with van der Waals surface area (Å²) in [4.78, 5) is 18.4. The summed E-state index contributed by atoms with van der Waals surface area (Å²) in [6, 6.07) is 9.70. The number of nitrogens with one attached hydrogen (secondary N) is 2. The van der Waals surface area contributed by atoms with E-state index in [0.717, 1.165) is 36.0 Å². The summed E-state index contributed by atoms with van der Waals surface area (Å²) in [7, 11) is 0. The molecule has 7 heteroatoms. The topological polar surface area (TPSA) is 75.7 Å². The second-order valence-corrected chi connectivity index (χ2v) is 7.50. The van der Waals surface area contributed by atoms with Crippen molar-refractivity contribution in [3.63, 3.8) is 0 Å². The number of anilines is 4. The zero-order valence-corrected chi connectivity index (χ0v) is 15.8. The number of carbonyl (C=O) groups excluding carboxylic acids is 1. The van der Waals surface area contributed by atoms with Crippen LogP contribution in [0.15, 0.2) is 30.3 Å². The van der Waals surface area contributed by atoms with Crippen LogP contribution in [0, 0.1) is 6.92 Å². The molecule has 0 bridgehead atoms. The molecule has 0 unspecified atom stereocenters. The zero-order chi connectivity index (χ0) is 19.0. The number of rotatable bonds is 3. The average Bonchev–Trinajstić information content (AvgIpc) is 2.62. The van der Waals surface area contributed by atoms with Gasteiger partial charge in [0.2, 0.25) is 0 Å². The number of nitrogens with zero attached hydrogens (tertiary/aromatic N) is 2. The molecule has 4 rings (SSSR count). The van der Waals surface area contributed by atoms with Gasteiger partial charge in [-0.25, -0.2) is 4.98 Å². The molecule has 2 aliphatic heterocycles. The molecule has 27 heavy (non-hydrogen) atoms. The van der Waals surface area contributed by atoms with Crippen LogP contribution >= 0.6 is 0 Å². The number of amides is 1. The van der Waals surface area contributed by atoms with Crippen LogP contribution in [-0.2, 0) is 9.53 Å². The smallest absolute Gasteiger partial charge is 0.262 e. The van der Waals surface area contributed by atoms with Gasteiger partial charge in [0.1, 0.15) is 11.6 Å². The molecule has 1 fully saturated rings. The van der Waals surface area contributed by atoms with Gasteiger partial charge < -0.3 is 25.0 Å². The van der Waals surface area contributed by atoms with Crippen molar-refractivity contribution in [2.24, 2.45) is 0 Å². The van der Waals surface area contributed by atoms with E-state index < -0.39 is 0 Å². The van der Waals surface area contributed by atoms with E-state index in [1.165, 1.54) is 0 Å². The Bertz CT molecular complexity index is 882. The molecule has 3 heterocycles. The number of fused-ring (bicyclic) bond motifs is 1. The average molecular weight is 368 g/mol. The van der Waals surface area contributed by atoms with Crippen molar-refractivity contribution in [3.8, 4) is 5.75 Å². The summed E-state index contributed by atoms with van der Waals surface area (Å²) in [6.45, 7) is 8.61. The first-order valence-electron chi connectivity index (χ1n) is 9.10. The summed E-state index contributed by atoms with van der Waals surface area (Å²) < 4.78 is 11.3. The van der Waals surface area contributed by atoms with Gasteiger partial charge in [0.25, 0.3) is 5.91 Å². The molecule has 1 saturated heterocycles. The van der Waals surface area contributed by atoms with Crippen molar-refractivity contribution in [1.29, 1.82) is 0 Å². The Labute approximate surface area is 158 Å². The normalized spacial score (nSPS) is 18.3. The number of morpholine rings is 1. The highest BCUT2D eigenvalue weighted by Crippen LogP contribution is 2.32. The van der Waals surface area contributed by atoms with Crippen LogP contribution in [0.1, 0.15) is 19.5 Å². The predicted octanol–water partition coefficient (Wildman–Crippen LogP) is 3.08. The third kappa shape index (κ3) is 3.83. The summed E-state index contributed by atoms with van der Waals surface area (Å²) >= 11 is 0. The van der Waals surface area contributed by atoms with E-state index in [0.29, 0.717) is 18.0 Å². The highest BCUT2D eigenvalue weighted by Gasteiger charge is 2.28. The fourth-order valence-electron chi connectivity index (χ4n) is 3.38. The van der Waals surface area contributed by atoms with Crippen LogP contribution in [0.2, 0.25) is 0 Å². The molecular weight excluding hydrogens is 344 g/mol. The summed E-state index contributed by atoms with van der Waals surface area (Å²) in [6.07, 6.45) is 0. The molecule has 2 N–H and O–H groups in total. The Morgan fingerprint density at radius 1 is 1.26 bits per heavy atom. The molecule has 2 aliphatic rings. The lowest BCUT2D eigenvalue weighted by atomic mass is 10.1. The van der Waals surface area contributed by atoms with Crippen molar-refractivity contribution < 1.29 is 14.3 Å². The number of ether oxygens (including phenoxy) is 2. The standard InChI is InChI=1S/C20H24N4O3/c1-13-15(6-7-18(21-13)24-8-9-27-20(2,3)12-24)22-14-4-5-16-17(10-14)26-11-19(25)23-16/h4-7,10,22H,8-9,11-12H2,1-3H3,(H,23,25). The van der Waals surface area contributed by atoms with Gasteiger partial charge in [-0.05, 0) is 45.0 Å². The molecule has 1 amide bonds. The molecule has 142 valence electrons. The van der Waals surface area contributed by atoms with E-state index in [1.807, 2.05) is 37.3 Å². The van der Waals surface area contributed by atoms with Gasteiger partial charge in [0, 0.05) is 24.8 Å². The Balaban J connectivity index is 1.51. The van der Waals surface area contributed by atoms with E-state index in [1.54, 1.807) is 0 Å². The number of hydrogen-bond donors (Lipinski definition) is 2. The van der Waals surface area contributed by atoms with Gasteiger partial charge in [-0.15, -0.1) is 0 Å². The molecule has 0 aliphatic carbocycles. The van der Waals surface area contributed by atoms with E-state index >= 15 is 0 Å². The number of carbonyl (C=O) groups is 1. The van der Waals surface area contributed by atoms with Crippen molar-refractivity contribution >= 4 is 28.8 Å². The molecule has 0 spiro atoms. The van der Waals surface area contributed by atoms with Gasteiger partial charge in [0.15, 0.2) is 6.61 Å². The number of hydrogen-bond acceptors (Lipinski definition) is 6. The van der Waals surface area contributed by atoms with Crippen LogP contribution < -0.4 is 20.3 Å². The van der Waals surface area contributed by atoms with Crippen LogP contribution in [0.25, 0.3) is 0 Å². The molecule has 0 saturated carbocycles. The maximum Gasteiger partial charge on any atom is 0.262 e. The number of aromatic nitrogens is 1. The van der Waals surface area contributed by atoms with Crippen LogP contribution in [0.4, 0.5) is 22.9 Å². The Morgan fingerprint density at radius 3 is 2.89 bits per heavy atom. The first-order valence-corrected chi connectivity index (χ1v) is 9.10. The van der Waals surface area contributed by atoms with Gasteiger partial charge >= 0.3 is 0 Å². The van der Waals surface area contributed by atoms with Crippen molar-refractivity contribution in [2.75, 3.05) is 41.8 Å². The molecule has 1 aromatic carbocycles. The van der Waals surface area contributed by atoms with Gasteiger partial charge in [-0.3, -0.25) is 4.79 Å². The highest BCUT2D eigenvalue weighted by atomic mass is 16.5. The molecule has 1 aromatic heterocycles. The maximum absolute atomic E-state index is 11.4. The number of pyridine rings is 1. The molecule has 7 nitrogen and oxygen atoms in total. The lowest BCUT2D eigenvalue weighted by Gasteiger charge is -2.39. The molecule has 0 radical (unpaired) electrons. The van der Waals surface area contributed by atoms with Gasteiger partial charge in [-0.1, -0.05) is 0 Å². The quantitative estimate of drug-likeness (QED) is 0.867. The third-order valence-corrected chi connectivity index (χ3v) is 4.71. The first-order chi connectivity index (χ1) is 12.9. The Hall–Kier alpha value is -2.80. The van der Waals surface area contributed by atoms with Crippen molar-refractivity contribution in [1.82, 2.24) is 4.98 Å². The largest absolute Gasteiger partial charge is 0.482 e. The van der Waals surface area contributed by atoms with Crippen LogP contribution in [0.3, 0.4) is 0 Å². The van der Waals surface area contributed by atoms with Crippen molar-refractivity contribution in [2.45, 2.75) is 26.4 Å². The second-order valence-electron chi connectivity index (χ2n) is 7.50. The monoisotopic (exact) mass is 368 g/mol. The Morgan fingerprint density at radius 2 is 2.11 bits per heavy atom. The summed E-state index contributed by atoms with van der Waals surface area (Å²) in [5.41, 5.74) is 3.27. The summed E-state index contributed by atoms with van der Waals surface area (Å²) in [5.74, 6) is 1.49. The SMILES string of the molecule is Cc1nc(N2CCOC(C)(C)C2)ccc1Nc1ccc2c(c1)OCC(=O)N2. The van der Waals surface area contributed by atoms with E-state index in [-0.39, 0.29) is 18.1 Å². The number of aryl methyl sites for hydroxylation is 1. The minimum absolute atomic E-state index is 0.0433. The fraction of sp³-hybridized carbons (Fsp3) is 0.400. The minimum atomic E-state index is -0.163. The van der Waals surface area contributed by atoms with Crippen LogP contribution in [-0.4, -0.2) is 42.8 Å². The maximum atomic E-state index is 11.4. The number of benzene rings is 1. The van der Waals surface area contributed by atoms with E-state index in [4.69, 9.17) is 14.5 Å². The fourth-order valence-corrected chi connectivity index (χ4v) is 3.38. The lowest BCUT2D eigenvalue weighted by Crippen LogP contribution is -2.48. The third-order valence-electron chi connectivity index (χ3n) is 4.71. The van der Waals surface area contributed by atoms with Gasteiger partial charge in [-0.2, -0.15) is 0 Å². The summed E-state index contributed by atoms with van der Waals surface area (Å²) in [5, 5.41) is 6.17. The van der Waals surface area contributed by atoms with Crippen molar-refractivity contribution in [3.05, 3.63) is 36.0 Å². The Kier molecular flexibility index (Phi) is 4.39. The first kappa shape index (κ1) is 17.6. The second kappa shape index (κ2) is 6.74. The molecule has 0 atom stereocenters. The van der Waals surface area contributed by atoms with Gasteiger partial charge in [0.05, 0.1) is 29.3 Å².